The lowest BCUT2D eigenvalue weighted by atomic mass is 9.96. The van der Waals surface area contributed by atoms with Crippen molar-refractivity contribution in [2.75, 3.05) is 0 Å². The fourth-order valence-corrected chi connectivity index (χ4v) is 2.26. The number of hydrogen-bond acceptors (Lipinski definition) is 4. The van der Waals surface area contributed by atoms with Gasteiger partial charge in [-0.1, -0.05) is 30.3 Å². The topological polar surface area (TPSA) is 59.1 Å². The second kappa shape index (κ2) is 5.32. The van der Waals surface area contributed by atoms with E-state index >= 15 is 0 Å². The number of allylic oxidation sites excluding steroid dienone is 2. The number of Topliss-reactive ketones (excluding diaryl/α,β-unsaturated/α-hetero) is 1. The summed E-state index contributed by atoms with van der Waals surface area (Å²) >= 11 is 0. The molecule has 0 amide bonds. The molecule has 4 nitrogen and oxygen atoms in total. The molecule has 0 saturated heterocycles. The summed E-state index contributed by atoms with van der Waals surface area (Å²) in [5.74, 6) is -0.420. The molecule has 1 aromatic carbocycles. The Morgan fingerprint density at radius 1 is 1.05 bits per heavy atom. The van der Waals surface area contributed by atoms with Crippen LogP contribution in [0.1, 0.15) is 32.1 Å². The second-order valence-electron chi connectivity index (χ2n) is 4.94. The predicted molar refractivity (Wildman–Crippen MR) is 79.0 cm³/mol. The summed E-state index contributed by atoms with van der Waals surface area (Å²) in [7, 11) is 0. The van der Waals surface area contributed by atoms with Crippen molar-refractivity contribution in [1.29, 1.82) is 0 Å². The van der Waals surface area contributed by atoms with Gasteiger partial charge in [0.1, 0.15) is 5.69 Å². The molecule has 0 saturated carbocycles. The van der Waals surface area contributed by atoms with E-state index in [1.165, 1.54) is 6.08 Å². The molecule has 1 aliphatic rings. The molecule has 0 aliphatic heterocycles. The Hall–Kier alpha value is -2.75. The largest absolute Gasteiger partial charge is 0.378 e. The number of ketones is 2. The third kappa shape index (κ3) is 2.60. The molecule has 1 aromatic heterocycles. The fraction of sp³-hybridized carbons (Fsp3) is 0.118. The maximum absolute atomic E-state index is 12.4. The maximum Gasteiger partial charge on any atom is 0.211 e. The van der Waals surface area contributed by atoms with E-state index in [9.17, 15) is 9.59 Å². The highest BCUT2D eigenvalue weighted by atomic mass is 16.1. The summed E-state index contributed by atoms with van der Waals surface area (Å²) in [6.45, 7) is 2.30. The number of pyridine rings is 1. The van der Waals surface area contributed by atoms with E-state index in [1.807, 2.05) is 30.3 Å². The molecule has 21 heavy (non-hydrogen) atoms. The van der Waals surface area contributed by atoms with Crippen molar-refractivity contribution in [2.24, 2.45) is 0 Å². The Labute approximate surface area is 122 Å². The van der Waals surface area contributed by atoms with Crippen molar-refractivity contribution in [2.45, 2.75) is 13.5 Å². The van der Waals surface area contributed by atoms with Gasteiger partial charge in [0.05, 0.1) is 11.3 Å². The summed E-state index contributed by atoms with van der Waals surface area (Å²) in [5.41, 5.74) is 2.70. The van der Waals surface area contributed by atoms with Crippen LogP contribution >= 0.6 is 0 Å². The van der Waals surface area contributed by atoms with Gasteiger partial charge in [-0.05, 0) is 24.6 Å². The lowest BCUT2D eigenvalue weighted by Gasteiger charge is -2.16. The first-order valence-corrected chi connectivity index (χ1v) is 6.71. The quantitative estimate of drug-likeness (QED) is 0.937. The summed E-state index contributed by atoms with van der Waals surface area (Å²) in [6.07, 6.45) is 1.33. The van der Waals surface area contributed by atoms with Crippen LogP contribution in [0.15, 0.2) is 54.2 Å². The minimum Gasteiger partial charge on any atom is -0.378 e. The van der Waals surface area contributed by atoms with Gasteiger partial charge in [0, 0.05) is 18.3 Å². The van der Waals surface area contributed by atoms with Gasteiger partial charge in [-0.15, -0.1) is 0 Å². The van der Waals surface area contributed by atoms with Crippen molar-refractivity contribution in [3.8, 4) is 0 Å². The van der Waals surface area contributed by atoms with Crippen molar-refractivity contribution in [3.63, 3.8) is 0 Å². The Morgan fingerprint density at radius 2 is 1.81 bits per heavy atom. The molecule has 1 N–H and O–H groups in total. The Balaban J connectivity index is 1.84. The van der Waals surface area contributed by atoms with Crippen molar-refractivity contribution < 1.29 is 9.59 Å². The van der Waals surface area contributed by atoms with Crippen LogP contribution in [0.4, 0.5) is 0 Å². The number of aromatic nitrogens is 1. The van der Waals surface area contributed by atoms with Crippen molar-refractivity contribution >= 4 is 11.6 Å². The average molecular weight is 278 g/mol. The maximum atomic E-state index is 12.4. The fourth-order valence-electron chi connectivity index (χ4n) is 2.26. The third-order valence-corrected chi connectivity index (χ3v) is 3.36. The van der Waals surface area contributed by atoms with E-state index in [0.717, 1.165) is 11.3 Å². The molecular formula is C17H14N2O2. The highest BCUT2D eigenvalue weighted by molar-refractivity contribution is 6.23. The molecule has 4 heteroatoms. The van der Waals surface area contributed by atoms with Gasteiger partial charge in [-0.2, -0.15) is 0 Å². The van der Waals surface area contributed by atoms with Gasteiger partial charge in [0.15, 0.2) is 0 Å². The summed E-state index contributed by atoms with van der Waals surface area (Å²) in [4.78, 5) is 28.6. The first kappa shape index (κ1) is 13.2. The number of aryl methyl sites for hydroxylation is 1. The van der Waals surface area contributed by atoms with Crippen LogP contribution in [0, 0.1) is 6.92 Å². The molecule has 1 heterocycles. The summed E-state index contributed by atoms with van der Waals surface area (Å²) in [5, 5.41) is 3.04. The van der Waals surface area contributed by atoms with E-state index in [0.29, 0.717) is 17.8 Å². The van der Waals surface area contributed by atoms with Crippen LogP contribution in [0.3, 0.4) is 0 Å². The minimum atomic E-state index is -0.233. The zero-order chi connectivity index (χ0) is 14.8. The number of fused-ring (bicyclic) bond motifs is 1. The van der Waals surface area contributed by atoms with Crippen LogP contribution < -0.4 is 5.32 Å². The number of rotatable bonds is 3. The standard InChI is InChI=1S/C17H14N2O2/c1-11-7-8-13-16(19-11)15(20)9-14(17(13)21)18-10-12-5-3-2-4-6-12/h2-9,18H,10H2,1H3. The van der Waals surface area contributed by atoms with E-state index in [4.69, 9.17) is 0 Å². The van der Waals surface area contributed by atoms with Crippen LogP contribution in [0.5, 0.6) is 0 Å². The number of nitrogens with one attached hydrogen (secondary N) is 1. The Kier molecular flexibility index (Phi) is 3.36. The SMILES string of the molecule is Cc1ccc2c(n1)C(=O)C=C(NCc1ccccc1)C2=O. The van der Waals surface area contributed by atoms with Gasteiger partial charge in [-0.25, -0.2) is 4.98 Å². The number of nitrogens with zero attached hydrogens (tertiary/aromatic N) is 1. The van der Waals surface area contributed by atoms with Crippen molar-refractivity contribution in [3.05, 3.63) is 76.8 Å². The zero-order valence-electron chi connectivity index (χ0n) is 11.6. The highest BCUT2D eigenvalue weighted by Crippen LogP contribution is 2.19. The number of benzene rings is 1. The molecule has 0 radical (unpaired) electrons. The number of carbonyl (C=O) groups excluding carboxylic acids is 2. The average Bonchev–Trinajstić information content (AvgIpc) is 2.50. The van der Waals surface area contributed by atoms with Crippen LogP contribution in [-0.4, -0.2) is 16.6 Å². The smallest absolute Gasteiger partial charge is 0.211 e. The van der Waals surface area contributed by atoms with Gasteiger partial charge < -0.3 is 5.32 Å². The van der Waals surface area contributed by atoms with E-state index in [-0.39, 0.29) is 17.3 Å². The van der Waals surface area contributed by atoms with E-state index < -0.39 is 0 Å². The molecule has 0 unspecified atom stereocenters. The molecule has 104 valence electrons. The third-order valence-electron chi connectivity index (χ3n) is 3.36. The molecule has 0 fully saturated rings. The predicted octanol–water partition coefficient (Wildman–Crippen LogP) is 2.44. The molecular weight excluding hydrogens is 264 g/mol. The molecule has 2 aromatic rings. The summed E-state index contributed by atoms with van der Waals surface area (Å²) in [6, 6.07) is 13.1. The van der Waals surface area contributed by atoms with E-state index in [2.05, 4.69) is 10.3 Å². The lowest BCUT2D eigenvalue weighted by molar-refractivity contribution is 0.0974. The Morgan fingerprint density at radius 3 is 2.57 bits per heavy atom. The normalized spacial score (nSPS) is 13.7. The summed E-state index contributed by atoms with van der Waals surface area (Å²) < 4.78 is 0. The number of carbonyl (C=O) groups is 2. The minimum absolute atomic E-state index is 0.187. The first-order valence-electron chi connectivity index (χ1n) is 6.71. The zero-order valence-corrected chi connectivity index (χ0v) is 11.6. The first-order chi connectivity index (χ1) is 10.1. The van der Waals surface area contributed by atoms with Gasteiger partial charge in [0.2, 0.25) is 11.6 Å². The van der Waals surface area contributed by atoms with Crippen LogP contribution in [0.25, 0.3) is 0 Å². The molecule has 0 spiro atoms. The lowest BCUT2D eigenvalue weighted by Crippen LogP contribution is -2.27. The molecule has 0 bridgehead atoms. The van der Waals surface area contributed by atoms with Gasteiger partial charge in [-0.3, -0.25) is 9.59 Å². The molecule has 0 atom stereocenters. The van der Waals surface area contributed by atoms with Gasteiger partial charge >= 0.3 is 0 Å². The molecule has 3 rings (SSSR count). The number of hydrogen-bond donors (Lipinski definition) is 1. The molecule has 1 aliphatic carbocycles. The van der Waals surface area contributed by atoms with Crippen LogP contribution in [0.2, 0.25) is 0 Å². The van der Waals surface area contributed by atoms with Gasteiger partial charge in [0.25, 0.3) is 0 Å². The monoisotopic (exact) mass is 278 g/mol. The van der Waals surface area contributed by atoms with Crippen molar-refractivity contribution in [1.82, 2.24) is 10.3 Å². The van der Waals surface area contributed by atoms with Crippen LogP contribution in [-0.2, 0) is 6.54 Å². The second-order valence-corrected chi connectivity index (χ2v) is 4.94. The Bertz CT molecular complexity index is 749. The highest BCUT2D eigenvalue weighted by Gasteiger charge is 2.26. The van der Waals surface area contributed by atoms with E-state index in [1.54, 1.807) is 19.1 Å².